The monoisotopic (exact) mass is 698 g/mol. The molecule has 8 rings (SSSR count). The summed E-state index contributed by atoms with van der Waals surface area (Å²) in [6.45, 7) is 10.1. The summed E-state index contributed by atoms with van der Waals surface area (Å²) in [7, 11) is 3.48. The van der Waals surface area contributed by atoms with Gasteiger partial charge in [0.25, 0.3) is 5.91 Å². The Bertz CT molecular complexity index is 1950. The number of ether oxygens (including phenoxy) is 2. The molecule has 2 fully saturated rings. The Morgan fingerprint density at radius 1 is 1.04 bits per heavy atom. The van der Waals surface area contributed by atoms with Gasteiger partial charge in [0.15, 0.2) is 5.69 Å². The van der Waals surface area contributed by atoms with E-state index < -0.39 is 0 Å². The fourth-order valence-electron chi connectivity index (χ4n) is 7.94. The Morgan fingerprint density at radius 3 is 2.63 bits per heavy atom. The van der Waals surface area contributed by atoms with Gasteiger partial charge in [-0.05, 0) is 61.3 Å². The summed E-state index contributed by atoms with van der Waals surface area (Å²) in [5.41, 5.74) is 4.88. The molecule has 3 aliphatic heterocycles. The van der Waals surface area contributed by atoms with Gasteiger partial charge in [-0.25, -0.2) is 4.39 Å². The first-order chi connectivity index (χ1) is 24.7. The number of carbonyl (C=O) groups excluding carboxylic acids is 1. The van der Waals surface area contributed by atoms with Gasteiger partial charge in [0.05, 0.1) is 44.3 Å². The average molecular weight is 699 g/mol. The molecule has 270 valence electrons. The van der Waals surface area contributed by atoms with Crippen molar-refractivity contribution in [1.29, 1.82) is 0 Å². The summed E-state index contributed by atoms with van der Waals surface area (Å²) in [6.07, 6.45) is 4.27. The maximum atomic E-state index is 15.1. The fourth-order valence-corrected chi connectivity index (χ4v) is 7.94. The van der Waals surface area contributed by atoms with Crippen molar-refractivity contribution in [3.8, 4) is 11.8 Å². The van der Waals surface area contributed by atoms with Gasteiger partial charge in [0.1, 0.15) is 17.4 Å². The SMILES string of the molecule is CCc1c(F)ccc2cc(O)cc(N3CCc4c(nc(OCC5(CN6CCOCC6)CC5)nc4N4CCCn5nc(C(=O)N(C)C)cc5C4)C3)c12. The largest absolute Gasteiger partial charge is 0.508 e. The van der Waals surface area contributed by atoms with Crippen LogP contribution in [0.3, 0.4) is 0 Å². The number of benzene rings is 2. The minimum atomic E-state index is -0.239. The van der Waals surface area contributed by atoms with E-state index in [1.54, 1.807) is 37.2 Å². The Kier molecular flexibility index (Phi) is 8.95. The molecule has 5 heterocycles. The topological polar surface area (TPSA) is 112 Å². The third kappa shape index (κ3) is 6.69. The molecule has 13 heteroatoms. The Labute approximate surface area is 297 Å². The van der Waals surface area contributed by atoms with E-state index in [1.807, 2.05) is 17.7 Å². The normalized spacial score (nSPS) is 18.7. The first-order valence-corrected chi connectivity index (χ1v) is 18.3. The molecule has 0 spiro atoms. The van der Waals surface area contributed by atoms with Gasteiger partial charge in [-0.15, -0.1) is 0 Å². The molecular formula is C38H47FN8O4. The number of fused-ring (bicyclic) bond motifs is 3. The van der Waals surface area contributed by atoms with E-state index in [-0.39, 0.29) is 22.9 Å². The summed E-state index contributed by atoms with van der Waals surface area (Å²) < 4.78 is 29.2. The molecule has 2 aromatic carbocycles. The van der Waals surface area contributed by atoms with Crippen LogP contribution in [0.1, 0.15) is 59.2 Å². The first kappa shape index (κ1) is 33.6. The molecular weight excluding hydrogens is 651 g/mol. The third-order valence-electron chi connectivity index (χ3n) is 10.9. The molecule has 1 saturated carbocycles. The van der Waals surface area contributed by atoms with Crippen LogP contribution in [0.2, 0.25) is 0 Å². The molecule has 4 aromatic rings. The second kappa shape index (κ2) is 13.6. The lowest BCUT2D eigenvalue weighted by Crippen LogP contribution is -2.41. The van der Waals surface area contributed by atoms with E-state index in [2.05, 4.69) is 19.8 Å². The maximum absolute atomic E-state index is 15.1. The number of phenolic OH excluding ortho intramolecular Hbond substituents is 1. The summed E-state index contributed by atoms with van der Waals surface area (Å²) in [6, 6.07) is 8.93. The number of morpholine rings is 1. The molecule has 12 nitrogen and oxygen atoms in total. The number of nitrogens with zero attached hydrogens (tertiary/aromatic N) is 8. The number of rotatable bonds is 9. The lowest BCUT2D eigenvalue weighted by Gasteiger charge is -2.34. The Hall–Kier alpha value is -4.49. The zero-order chi connectivity index (χ0) is 35.3. The van der Waals surface area contributed by atoms with Crippen LogP contribution in [0.5, 0.6) is 11.8 Å². The van der Waals surface area contributed by atoms with Crippen molar-refractivity contribution in [1.82, 2.24) is 29.5 Å². The van der Waals surface area contributed by atoms with Crippen molar-refractivity contribution in [2.45, 2.75) is 58.7 Å². The van der Waals surface area contributed by atoms with Crippen molar-refractivity contribution >= 4 is 28.2 Å². The second-order valence-electron chi connectivity index (χ2n) is 14.8. The molecule has 0 bridgehead atoms. The predicted octanol–water partition coefficient (Wildman–Crippen LogP) is 4.40. The van der Waals surface area contributed by atoms with Crippen LogP contribution in [0.4, 0.5) is 15.9 Å². The number of carbonyl (C=O) groups is 1. The van der Waals surface area contributed by atoms with E-state index in [0.717, 1.165) is 97.9 Å². The maximum Gasteiger partial charge on any atom is 0.318 e. The van der Waals surface area contributed by atoms with Gasteiger partial charge in [0.2, 0.25) is 0 Å². The highest BCUT2D eigenvalue weighted by atomic mass is 19.1. The van der Waals surface area contributed by atoms with Crippen LogP contribution in [0.25, 0.3) is 10.8 Å². The number of hydrogen-bond donors (Lipinski definition) is 1. The summed E-state index contributed by atoms with van der Waals surface area (Å²) in [4.78, 5) is 31.5. The van der Waals surface area contributed by atoms with Crippen molar-refractivity contribution < 1.29 is 23.8 Å². The number of halogens is 1. The van der Waals surface area contributed by atoms with Crippen LogP contribution in [0.15, 0.2) is 30.3 Å². The molecule has 0 unspecified atom stereocenters. The highest BCUT2D eigenvalue weighted by Gasteiger charge is 2.45. The van der Waals surface area contributed by atoms with Crippen molar-refractivity contribution in [2.75, 3.05) is 76.4 Å². The van der Waals surface area contributed by atoms with E-state index in [1.165, 1.54) is 6.07 Å². The number of anilines is 2. The molecule has 2 aromatic heterocycles. The van der Waals surface area contributed by atoms with Crippen molar-refractivity contribution in [2.24, 2.45) is 5.41 Å². The molecule has 4 aliphatic rings. The number of amides is 1. The lowest BCUT2D eigenvalue weighted by molar-refractivity contribution is 0.0231. The minimum absolute atomic E-state index is 0.0917. The smallest absolute Gasteiger partial charge is 0.318 e. The molecule has 0 atom stereocenters. The number of aromatic nitrogens is 4. The van der Waals surface area contributed by atoms with E-state index in [4.69, 9.17) is 19.4 Å². The van der Waals surface area contributed by atoms with E-state index in [0.29, 0.717) is 62.9 Å². The quantitative estimate of drug-likeness (QED) is 0.270. The molecule has 51 heavy (non-hydrogen) atoms. The van der Waals surface area contributed by atoms with Gasteiger partial charge in [-0.2, -0.15) is 15.1 Å². The molecule has 1 N–H and O–H groups in total. The Balaban J connectivity index is 1.14. The summed E-state index contributed by atoms with van der Waals surface area (Å²) in [5.74, 6) is 0.641. The number of aromatic hydroxyl groups is 1. The molecule has 0 radical (unpaired) electrons. The van der Waals surface area contributed by atoms with Crippen LogP contribution < -0.4 is 14.5 Å². The average Bonchev–Trinajstić information content (AvgIpc) is 3.83. The zero-order valence-corrected chi connectivity index (χ0v) is 29.8. The van der Waals surface area contributed by atoms with Gasteiger partial charge in [-0.3, -0.25) is 14.4 Å². The van der Waals surface area contributed by atoms with E-state index in [9.17, 15) is 9.90 Å². The highest BCUT2D eigenvalue weighted by molar-refractivity contribution is 5.98. The van der Waals surface area contributed by atoms with Crippen molar-refractivity contribution in [3.63, 3.8) is 0 Å². The lowest BCUT2D eigenvalue weighted by atomic mass is 9.97. The van der Waals surface area contributed by atoms with Crippen LogP contribution >= 0.6 is 0 Å². The second-order valence-corrected chi connectivity index (χ2v) is 14.8. The number of phenols is 1. The fraction of sp³-hybridized carbons (Fsp3) is 0.526. The van der Waals surface area contributed by atoms with Crippen molar-refractivity contribution in [3.05, 3.63) is 64.4 Å². The Morgan fingerprint density at radius 2 is 1.86 bits per heavy atom. The molecule has 1 aliphatic carbocycles. The van der Waals surface area contributed by atoms with Gasteiger partial charge < -0.3 is 29.3 Å². The van der Waals surface area contributed by atoms with Crippen LogP contribution in [-0.2, 0) is 37.2 Å². The van der Waals surface area contributed by atoms with Gasteiger partial charge in [0, 0.05) is 81.5 Å². The van der Waals surface area contributed by atoms with Gasteiger partial charge in [-0.1, -0.05) is 13.0 Å². The summed E-state index contributed by atoms with van der Waals surface area (Å²) in [5, 5.41) is 17.0. The predicted molar refractivity (Wildman–Crippen MR) is 192 cm³/mol. The minimum Gasteiger partial charge on any atom is -0.508 e. The zero-order valence-electron chi connectivity index (χ0n) is 29.8. The third-order valence-corrected chi connectivity index (χ3v) is 10.9. The van der Waals surface area contributed by atoms with Crippen LogP contribution in [0, 0.1) is 11.2 Å². The van der Waals surface area contributed by atoms with Crippen LogP contribution in [-0.4, -0.2) is 107 Å². The molecule has 1 saturated heterocycles. The first-order valence-electron chi connectivity index (χ1n) is 18.3. The number of hydrogen-bond acceptors (Lipinski definition) is 10. The summed E-state index contributed by atoms with van der Waals surface area (Å²) >= 11 is 0. The highest BCUT2D eigenvalue weighted by Crippen LogP contribution is 2.47. The number of aryl methyl sites for hydroxylation is 2. The van der Waals surface area contributed by atoms with Gasteiger partial charge >= 0.3 is 6.01 Å². The standard InChI is InChI=1S/C38H47FN8O4/c1-4-28-30(39)7-6-25-18-27(48)20-33(34(25)28)45-13-8-29-32(22-45)40-37(51-24-38(9-10-38)23-44-14-16-50-17-15-44)41-35(29)46-11-5-12-47-26(21-46)19-31(42-47)36(49)43(2)3/h6-7,18-20,48H,4-5,8-17,21-24H2,1-3H3. The van der Waals surface area contributed by atoms with E-state index >= 15 is 4.39 Å². The molecule has 1 amide bonds.